The fourth-order valence-corrected chi connectivity index (χ4v) is 2.17. The minimum absolute atomic E-state index is 0.149. The van der Waals surface area contributed by atoms with Gasteiger partial charge in [0.05, 0.1) is 12.2 Å². The number of nitrogens with two attached hydrogens (primary N) is 1. The standard InChI is InChI=1S/C10H15N3O5S/c1-6-8(5-9(14)15)7(2)13(10(16)12-6)3-4-19(11,17)18/h3-5H2,1-2H3,(H,14,15)(H2,11,17,18). The largest absolute Gasteiger partial charge is 0.481 e. The maximum Gasteiger partial charge on any atom is 0.348 e. The SMILES string of the molecule is Cc1nc(=O)n(CCS(N)(=O)=O)c(C)c1CC(=O)O. The number of hydrogen-bond donors (Lipinski definition) is 2. The summed E-state index contributed by atoms with van der Waals surface area (Å²) in [5, 5.41) is 13.7. The quantitative estimate of drug-likeness (QED) is 0.698. The highest BCUT2D eigenvalue weighted by atomic mass is 32.2. The molecule has 1 heterocycles. The third-order valence-corrected chi connectivity index (χ3v) is 3.45. The number of rotatable bonds is 5. The van der Waals surface area contributed by atoms with Crippen molar-refractivity contribution in [2.24, 2.45) is 5.14 Å². The molecule has 0 bridgehead atoms. The Bertz CT molecular complexity index is 662. The van der Waals surface area contributed by atoms with E-state index in [0.29, 0.717) is 17.0 Å². The van der Waals surface area contributed by atoms with E-state index >= 15 is 0 Å². The molecule has 1 aromatic rings. The number of nitrogens with zero attached hydrogens (tertiary/aromatic N) is 2. The van der Waals surface area contributed by atoms with Crippen LogP contribution in [0.2, 0.25) is 0 Å². The molecule has 19 heavy (non-hydrogen) atoms. The van der Waals surface area contributed by atoms with Gasteiger partial charge in [-0.3, -0.25) is 9.36 Å². The monoisotopic (exact) mass is 289 g/mol. The van der Waals surface area contributed by atoms with Gasteiger partial charge >= 0.3 is 11.7 Å². The lowest BCUT2D eigenvalue weighted by atomic mass is 10.1. The van der Waals surface area contributed by atoms with Gasteiger partial charge in [0.1, 0.15) is 0 Å². The summed E-state index contributed by atoms with van der Waals surface area (Å²) in [5.74, 6) is -1.46. The van der Waals surface area contributed by atoms with Crippen LogP contribution >= 0.6 is 0 Å². The number of carboxylic acid groups (broad SMARTS) is 1. The highest BCUT2D eigenvalue weighted by molar-refractivity contribution is 7.89. The molecule has 0 amide bonds. The van der Waals surface area contributed by atoms with Crippen LogP contribution in [0.25, 0.3) is 0 Å². The molecule has 0 atom stereocenters. The second-order valence-corrected chi connectivity index (χ2v) is 5.87. The first-order valence-electron chi connectivity index (χ1n) is 5.41. The van der Waals surface area contributed by atoms with Gasteiger partial charge in [-0.15, -0.1) is 0 Å². The van der Waals surface area contributed by atoms with Crippen LogP contribution in [0, 0.1) is 13.8 Å². The van der Waals surface area contributed by atoms with Gasteiger partial charge < -0.3 is 5.11 Å². The van der Waals surface area contributed by atoms with E-state index in [0.717, 1.165) is 4.57 Å². The van der Waals surface area contributed by atoms with Gasteiger partial charge in [0.25, 0.3) is 0 Å². The molecule has 0 unspecified atom stereocenters. The molecule has 8 nitrogen and oxygen atoms in total. The highest BCUT2D eigenvalue weighted by Gasteiger charge is 2.15. The minimum atomic E-state index is -3.71. The van der Waals surface area contributed by atoms with Crippen LogP contribution in [0.1, 0.15) is 17.0 Å². The van der Waals surface area contributed by atoms with Crippen LogP contribution in [0.5, 0.6) is 0 Å². The van der Waals surface area contributed by atoms with Gasteiger partial charge in [-0.2, -0.15) is 4.98 Å². The average molecular weight is 289 g/mol. The van der Waals surface area contributed by atoms with Crippen LogP contribution < -0.4 is 10.8 Å². The number of aryl methyl sites for hydroxylation is 1. The average Bonchev–Trinajstić information content (AvgIpc) is 2.21. The maximum absolute atomic E-state index is 11.7. The number of primary sulfonamides is 1. The molecule has 1 aromatic heterocycles. The Kier molecular flexibility index (Phi) is 4.43. The van der Waals surface area contributed by atoms with Crippen molar-refractivity contribution >= 4 is 16.0 Å². The Hall–Kier alpha value is -1.74. The van der Waals surface area contributed by atoms with Gasteiger partial charge in [0.15, 0.2) is 0 Å². The zero-order chi connectivity index (χ0) is 14.8. The third kappa shape index (κ3) is 4.14. The molecule has 0 fully saturated rings. The number of aliphatic carboxylic acids is 1. The molecule has 0 saturated carbocycles. The van der Waals surface area contributed by atoms with Crippen LogP contribution in [0.15, 0.2) is 4.79 Å². The van der Waals surface area contributed by atoms with Crippen molar-refractivity contribution in [1.29, 1.82) is 0 Å². The Balaban J connectivity index is 3.25. The van der Waals surface area contributed by atoms with Crippen molar-refractivity contribution in [1.82, 2.24) is 9.55 Å². The normalized spacial score (nSPS) is 11.5. The molecular formula is C10H15N3O5S. The molecule has 0 saturated heterocycles. The fourth-order valence-electron chi connectivity index (χ4n) is 1.73. The van der Waals surface area contributed by atoms with Crippen LogP contribution in [-0.2, 0) is 27.8 Å². The summed E-state index contributed by atoms with van der Waals surface area (Å²) in [6.07, 6.45) is -0.277. The van der Waals surface area contributed by atoms with Crippen molar-refractivity contribution in [3.05, 3.63) is 27.4 Å². The summed E-state index contributed by atoms with van der Waals surface area (Å²) in [5.41, 5.74) is 0.509. The minimum Gasteiger partial charge on any atom is -0.481 e. The number of carbonyl (C=O) groups is 1. The summed E-state index contributed by atoms with van der Waals surface area (Å²) in [6, 6.07) is 0. The van der Waals surface area contributed by atoms with E-state index in [-0.39, 0.29) is 13.0 Å². The number of carboxylic acids is 1. The Morgan fingerprint density at radius 2 is 2.00 bits per heavy atom. The van der Waals surface area contributed by atoms with E-state index in [2.05, 4.69) is 4.98 Å². The fraction of sp³-hybridized carbons (Fsp3) is 0.500. The number of aromatic nitrogens is 2. The zero-order valence-corrected chi connectivity index (χ0v) is 11.4. The summed E-state index contributed by atoms with van der Waals surface area (Å²) >= 11 is 0. The molecule has 3 N–H and O–H groups in total. The molecule has 0 spiro atoms. The predicted octanol–water partition coefficient (Wildman–Crippen LogP) is -1.22. The van der Waals surface area contributed by atoms with E-state index < -0.39 is 27.4 Å². The molecule has 0 aromatic carbocycles. The lowest BCUT2D eigenvalue weighted by Crippen LogP contribution is -2.32. The molecule has 9 heteroatoms. The molecule has 0 aliphatic heterocycles. The second kappa shape index (κ2) is 5.49. The van der Waals surface area contributed by atoms with Crippen LogP contribution in [0.4, 0.5) is 0 Å². The Morgan fingerprint density at radius 3 is 2.47 bits per heavy atom. The van der Waals surface area contributed by atoms with Crippen LogP contribution in [-0.4, -0.2) is 34.8 Å². The first-order chi connectivity index (χ1) is 8.61. The van der Waals surface area contributed by atoms with E-state index in [4.69, 9.17) is 10.2 Å². The number of sulfonamides is 1. The summed E-state index contributed by atoms with van der Waals surface area (Å²) < 4.78 is 22.9. The van der Waals surface area contributed by atoms with E-state index in [9.17, 15) is 18.0 Å². The summed E-state index contributed by atoms with van der Waals surface area (Å²) in [4.78, 5) is 26.1. The maximum atomic E-state index is 11.7. The van der Waals surface area contributed by atoms with Gasteiger partial charge in [0, 0.05) is 23.5 Å². The van der Waals surface area contributed by atoms with Gasteiger partial charge in [0.2, 0.25) is 10.0 Å². The molecule has 106 valence electrons. The predicted molar refractivity (Wildman–Crippen MR) is 67.3 cm³/mol. The zero-order valence-electron chi connectivity index (χ0n) is 10.6. The van der Waals surface area contributed by atoms with Crippen molar-refractivity contribution in [3.8, 4) is 0 Å². The van der Waals surface area contributed by atoms with Crippen molar-refractivity contribution in [2.45, 2.75) is 26.8 Å². The summed E-state index contributed by atoms with van der Waals surface area (Å²) in [7, 11) is -3.71. The van der Waals surface area contributed by atoms with Gasteiger partial charge in [-0.1, -0.05) is 0 Å². The van der Waals surface area contributed by atoms with Crippen LogP contribution in [0.3, 0.4) is 0 Å². The Morgan fingerprint density at radius 1 is 1.42 bits per heavy atom. The molecule has 0 aliphatic carbocycles. The highest BCUT2D eigenvalue weighted by Crippen LogP contribution is 2.10. The molecule has 1 rings (SSSR count). The molecule has 0 radical (unpaired) electrons. The first kappa shape index (κ1) is 15.3. The first-order valence-corrected chi connectivity index (χ1v) is 7.12. The van der Waals surface area contributed by atoms with Crippen molar-refractivity contribution in [3.63, 3.8) is 0 Å². The third-order valence-electron chi connectivity index (χ3n) is 2.70. The van der Waals surface area contributed by atoms with Gasteiger partial charge in [-0.25, -0.2) is 18.4 Å². The number of hydrogen-bond acceptors (Lipinski definition) is 5. The second-order valence-electron chi connectivity index (χ2n) is 4.13. The van der Waals surface area contributed by atoms with Crippen molar-refractivity contribution < 1.29 is 18.3 Å². The Labute approximate surface area is 109 Å². The topological polar surface area (TPSA) is 132 Å². The van der Waals surface area contributed by atoms with E-state index in [1.54, 1.807) is 6.92 Å². The smallest absolute Gasteiger partial charge is 0.348 e. The summed E-state index contributed by atoms with van der Waals surface area (Å²) in [6.45, 7) is 2.94. The lowest BCUT2D eigenvalue weighted by Gasteiger charge is -2.13. The van der Waals surface area contributed by atoms with Gasteiger partial charge in [-0.05, 0) is 13.8 Å². The molecular weight excluding hydrogens is 274 g/mol. The van der Waals surface area contributed by atoms with E-state index in [1.807, 2.05) is 0 Å². The molecule has 0 aliphatic rings. The van der Waals surface area contributed by atoms with E-state index in [1.165, 1.54) is 6.92 Å². The lowest BCUT2D eigenvalue weighted by molar-refractivity contribution is -0.136. The van der Waals surface area contributed by atoms with Crippen molar-refractivity contribution in [2.75, 3.05) is 5.75 Å².